The summed E-state index contributed by atoms with van der Waals surface area (Å²) in [4.78, 5) is 19.8. The van der Waals surface area contributed by atoms with Crippen molar-refractivity contribution in [2.75, 3.05) is 31.1 Å². The molecule has 3 aliphatic rings. The largest absolute Gasteiger partial charge is 0.337 e. The number of piperidine rings is 1. The molecule has 1 aromatic rings. The van der Waals surface area contributed by atoms with Crippen molar-refractivity contribution in [3.05, 3.63) is 18.2 Å². The number of aryl methyl sites for hydroxylation is 1. The first-order valence-corrected chi connectivity index (χ1v) is 10.6. The Labute approximate surface area is 166 Å². The first-order valence-electron chi connectivity index (χ1n) is 9.45. The lowest BCUT2D eigenvalue weighted by molar-refractivity contribution is -0.133. The summed E-state index contributed by atoms with van der Waals surface area (Å²) in [6.45, 7) is 3.83. The highest BCUT2D eigenvalue weighted by Gasteiger charge is 2.57. The zero-order valence-corrected chi connectivity index (χ0v) is 17.1. The number of halogens is 1. The maximum absolute atomic E-state index is 13.2. The molecule has 2 unspecified atom stereocenters. The Kier molecular flexibility index (Phi) is 6.54. The molecule has 2 aliphatic heterocycles. The van der Waals surface area contributed by atoms with Crippen LogP contribution in [0.1, 0.15) is 31.5 Å². The highest BCUT2D eigenvalue weighted by Crippen LogP contribution is 2.56. The standard InChI is InChI=1S/C18H29N5OS.ClH/c1-22-8-6-21-16(22)12-23(15-11-18(15)2-4-19-5-3-18)17(24)10-14-13-25-9-7-20-14;/h6,8,14-15,19-20H,2-5,7,9-13H2,1H3;1H. The Balaban J connectivity index is 0.00000196. The quantitative estimate of drug-likeness (QED) is 0.783. The van der Waals surface area contributed by atoms with Gasteiger partial charge in [-0.15, -0.1) is 12.4 Å². The summed E-state index contributed by atoms with van der Waals surface area (Å²) in [7, 11) is 2.01. The number of hydrogen-bond donors (Lipinski definition) is 2. The van der Waals surface area contributed by atoms with Gasteiger partial charge in [0.25, 0.3) is 0 Å². The highest BCUT2D eigenvalue weighted by atomic mass is 35.5. The summed E-state index contributed by atoms with van der Waals surface area (Å²) in [5, 5.41) is 6.96. The molecule has 0 bridgehead atoms. The molecule has 1 amide bonds. The van der Waals surface area contributed by atoms with Gasteiger partial charge in [-0.2, -0.15) is 11.8 Å². The summed E-state index contributed by atoms with van der Waals surface area (Å²) in [5.41, 5.74) is 0.362. The molecule has 3 heterocycles. The van der Waals surface area contributed by atoms with Crippen LogP contribution >= 0.6 is 24.2 Å². The van der Waals surface area contributed by atoms with E-state index in [2.05, 4.69) is 20.5 Å². The number of rotatable bonds is 5. The number of carbonyl (C=O) groups is 1. The summed E-state index contributed by atoms with van der Waals surface area (Å²) in [5.74, 6) is 3.47. The molecule has 3 fully saturated rings. The normalized spacial score (nSPS) is 27.0. The van der Waals surface area contributed by atoms with Gasteiger partial charge in [0, 0.05) is 56.0 Å². The molecule has 1 spiro atoms. The van der Waals surface area contributed by atoms with Crippen LogP contribution in [0.25, 0.3) is 0 Å². The van der Waals surface area contributed by atoms with Crippen LogP contribution in [0.15, 0.2) is 12.4 Å². The number of imidazole rings is 1. The van der Waals surface area contributed by atoms with E-state index in [1.807, 2.05) is 35.8 Å². The van der Waals surface area contributed by atoms with Gasteiger partial charge in [-0.25, -0.2) is 4.98 Å². The Morgan fingerprint density at radius 3 is 2.88 bits per heavy atom. The summed E-state index contributed by atoms with van der Waals surface area (Å²) in [6, 6.07) is 0.716. The molecule has 1 saturated carbocycles. The minimum absolute atomic E-state index is 0. The van der Waals surface area contributed by atoms with E-state index in [-0.39, 0.29) is 12.4 Å². The number of thioether (sulfide) groups is 1. The van der Waals surface area contributed by atoms with Crippen LogP contribution in [0.2, 0.25) is 0 Å². The number of aromatic nitrogens is 2. The smallest absolute Gasteiger partial charge is 0.224 e. The first kappa shape index (κ1) is 20.0. The van der Waals surface area contributed by atoms with Crippen LogP contribution in [0.4, 0.5) is 0 Å². The van der Waals surface area contributed by atoms with E-state index in [1.54, 1.807) is 0 Å². The Hall–Kier alpha value is -0.760. The molecule has 2 N–H and O–H groups in total. The van der Waals surface area contributed by atoms with Crippen LogP contribution in [-0.4, -0.2) is 63.6 Å². The molecule has 6 nitrogen and oxygen atoms in total. The van der Waals surface area contributed by atoms with Gasteiger partial charge < -0.3 is 20.1 Å². The monoisotopic (exact) mass is 399 g/mol. The Bertz CT molecular complexity index is 612. The third-order valence-corrected chi connectivity index (χ3v) is 7.23. The van der Waals surface area contributed by atoms with Crippen molar-refractivity contribution in [1.29, 1.82) is 0 Å². The SMILES string of the molecule is Cl.Cn1ccnc1CN(C(=O)CC1CSCCN1)C1CC12CCNCC2. The minimum atomic E-state index is 0. The predicted molar refractivity (Wildman–Crippen MR) is 108 cm³/mol. The van der Waals surface area contributed by atoms with Gasteiger partial charge in [0.1, 0.15) is 5.82 Å². The van der Waals surface area contributed by atoms with Crippen LogP contribution < -0.4 is 10.6 Å². The lowest BCUT2D eigenvalue weighted by Gasteiger charge is -2.31. The first-order chi connectivity index (χ1) is 12.2. The van der Waals surface area contributed by atoms with Crippen molar-refractivity contribution >= 4 is 30.1 Å². The van der Waals surface area contributed by atoms with E-state index in [1.165, 1.54) is 12.8 Å². The van der Waals surface area contributed by atoms with E-state index in [9.17, 15) is 4.79 Å². The third-order valence-electron chi connectivity index (χ3n) is 6.09. The fraction of sp³-hybridized carbons (Fsp3) is 0.778. The molecular weight excluding hydrogens is 370 g/mol. The van der Waals surface area contributed by atoms with Crippen molar-refractivity contribution in [1.82, 2.24) is 25.1 Å². The molecule has 146 valence electrons. The molecule has 2 saturated heterocycles. The van der Waals surface area contributed by atoms with Crippen LogP contribution in [0.3, 0.4) is 0 Å². The molecule has 1 aromatic heterocycles. The average molecular weight is 400 g/mol. The van der Waals surface area contributed by atoms with Crippen LogP contribution in [-0.2, 0) is 18.4 Å². The van der Waals surface area contributed by atoms with E-state index in [4.69, 9.17) is 0 Å². The number of amides is 1. The van der Waals surface area contributed by atoms with Crippen molar-refractivity contribution in [2.45, 2.75) is 44.3 Å². The number of nitrogens with one attached hydrogen (secondary N) is 2. The number of carbonyl (C=O) groups excluding carboxylic acids is 1. The second-order valence-electron chi connectivity index (χ2n) is 7.74. The summed E-state index contributed by atoms with van der Waals surface area (Å²) >= 11 is 1.95. The summed E-state index contributed by atoms with van der Waals surface area (Å²) in [6.07, 6.45) is 7.95. The molecule has 4 rings (SSSR count). The van der Waals surface area contributed by atoms with Crippen molar-refractivity contribution < 1.29 is 4.79 Å². The molecule has 8 heteroatoms. The van der Waals surface area contributed by atoms with Crippen LogP contribution in [0, 0.1) is 5.41 Å². The van der Waals surface area contributed by atoms with Gasteiger partial charge in [-0.3, -0.25) is 4.79 Å². The van der Waals surface area contributed by atoms with Gasteiger partial charge in [-0.05, 0) is 37.8 Å². The zero-order chi connectivity index (χ0) is 17.3. The second kappa shape index (κ2) is 8.50. The summed E-state index contributed by atoms with van der Waals surface area (Å²) < 4.78 is 2.03. The molecule has 1 aliphatic carbocycles. The molecule has 26 heavy (non-hydrogen) atoms. The zero-order valence-electron chi connectivity index (χ0n) is 15.4. The van der Waals surface area contributed by atoms with Crippen LogP contribution in [0.5, 0.6) is 0 Å². The van der Waals surface area contributed by atoms with Crippen molar-refractivity contribution in [2.24, 2.45) is 12.5 Å². The van der Waals surface area contributed by atoms with Gasteiger partial charge in [0.05, 0.1) is 6.54 Å². The maximum atomic E-state index is 13.2. The lowest BCUT2D eigenvalue weighted by Crippen LogP contribution is -2.44. The van der Waals surface area contributed by atoms with Crippen molar-refractivity contribution in [3.63, 3.8) is 0 Å². The molecule has 0 radical (unpaired) electrons. The van der Waals surface area contributed by atoms with Gasteiger partial charge >= 0.3 is 0 Å². The minimum Gasteiger partial charge on any atom is -0.337 e. The second-order valence-corrected chi connectivity index (χ2v) is 8.89. The van der Waals surface area contributed by atoms with E-state index in [0.717, 1.165) is 43.4 Å². The average Bonchev–Trinajstić information content (AvgIpc) is 3.14. The van der Waals surface area contributed by atoms with E-state index in [0.29, 0.717) is 36.4 Å². The lowest BCUT2D eigenvalue weighted by atomic mass is 9.93. The van der Waals surface area contributed by atoms with E-state index < -0.39 is 0 Å². The Morgan fingerprint density at radius 1 is 1.42 bits per heavy atom. The third kappa shape index (κ3) is 4.21. The molecule has 0 aromatic carbocycles. The van der Waals surface area contributed by atoms with Gasteiger partial charge in [0.2, 0.25) is 5.91 Å². The predicted octanol–water partition coefficient (Wildman–Crippen LogP) is 1.41. The fourth-order valence-corrected chi connectivity index (χ4v) is 5.33. The number of hydrogen-bond acceptors (Lipinski definition) is 5. The van der Waals surface area contributed by atoms with Gasteiger partial charge in [-0.1, -0.05) is 0 Å². The molecular formula is C18H30ClN5OS. The highest BCUT2D eigenvalue weighted by molar-refractivity contribution is 7.99. The van der Waals surface area contributed by atoms with Gasteiger partial charge in [0.15, 0.2) is 0 Å². The Morgan fingerprint density at radius 2 is 2.23 bits per heavy atom. The molecule has 2 atom stereocenters. The maximum Gasteiger partial charge on any atom is 0.224 e. The topological polar surface area (TPSA) is 62.2 Å². The fourth-order valence-electron chi connectivity index (χ4n) is 4.38. The van der Waals surface area contributed by atoms with E-state index >= 15 is 0 Å². The van der Waals surface area contributed by atoms with Crippen molar-refractivity contribution in [3.8, 4) is 0 Å². The number of nitrogens with zero attached hydrogens (tertiary/aromatic N) is 3.